The van der Waals surface area contributed by atoms with Crippen LogP contribution >= 0.6 is 0 Å². The van der Waals surface area contributed by atoms with Gasteiger partial charge in [-0.1, -0.05) is 24.3 Å². The Balaban J connectivity index is 1.68. The smallest absolute Gasteiger partial charge is 0.223 e. The van der Waals surface area contributed by atoms with Crippen molar-refractivity contribution in [1.82, 2.24) is 15.1 Å². The van der Waals surface area contributed by atoms with Crippen molar-refractivity contribution >= 4 is 5.91 Å². The summed E-state index contributed by atoms with van der Waals surface area (Å²) in [5.41, 5.74) is 5.79. The molecule has 0 aliphatic carbocycles. The Labute approximate surface area is 125 Å². The number of amides is 1. The van der Waals surface area contributed by atoms with E-state index in [2.05, 4.69) is 29.3 Å². The highest BCUT2D eigenvalue weighted by atomic mass is 16.2. The lowest BCUT2D eigenvalue weighted by atomic mass is 10.1. The van der Waals surface area contributed by atoms with Crippen LogP contribution in [0, 0.1) is 13.8 Å². The highest BCUT2D eigenvalue weighted by Gasteiger charge is 2.29. The Bertz CT molecular complexity index is 655. The molecule has 1 N–H and O–H groups in total. The Morgan fingerprint density at radius 1 is 1.38 bits per heavy atom. The van der Waals surface area contributed by atoms with Crippen LogP contribution in [-0.4, -0.2) is 21.0 Å². The standard InChI is InChI=1S/C17H21N3O/c1-11-15(12(2)19-18-11)8-9-17(21)20-10-14-6-4-5-7-16(14)13(20)3/h4-7,13H,8-10H2,1-3H3,(H,18,19). The van der Waals surface area contributed by atoms with Crippen LogP contribution in [0.25, 0.3) is 0 Å². The number of fused-ring (bicyclic) bond motifs is 1. The molecule has 0 spiro atoms. The van der Waals surface area contributed by atoms with E-state index in [1.165, 1.54) is 16.7 Å². The number of hydrogen-bond acceptors (Lipinski definition) is 2. The SMILES string of the molecule is Cc1n[nH]c(C)c1CCC(=O)N1Cc2ccccc2C1C. The van der Waals surface area contributed by atoms with E-state index in [1.54, 1.807) is 0 Å². The minimum atomic E-state index is 0.181. The number of nitrogens with zero attached hydrogens (tertiary/aromatic N) is 2. The average Bonchev–Trinajstić information content (AvgIpc) is 2.98. The summed E-state index contributed by atoms with van der Waals surface area (Å²) < 4.78 is 0. The number of aromatic nitrogens is 2. The first kappa shape index (κ1) is 13.9. The highest BCUT2D eigenvalue weighted by Crippen LogP contribution is 2.33. The van der Waals surface area contributed by atoms with E-state index in [-0.39, 0.29) is 11.9 Å². The Morgan fingerprint density at radius 2 is 2.14 bits per heavy atom. The summed E-state index contributed by atoms with van der Waals surface area (Å²) in [6.07, 6.45) is 1.30. The summed E-state index contributed by atoms with van der Waals surface area (Å²) in [6.45, 7) is 6.84. The molecule has 1 aliphatic rings. The van der Waals surface area contributed by atoms with E-state index in [0.29, 0.717) is 6.42 Å². The van der Waals surface area contributed by atoms with Crippen molar-refractivity contribution < 1.29 is 4.79 Å². The molecule has 110 valence electrons. The predicted octanol–water partition coefficient (Wildman–Crippen LogP) is 3.06. The molecular formula is C17H21N3O. The molecule has 4 heteroatoms. The number of aryl methyl sites for hydroxylation is 2. The largest absolute Gasteiger partial charge is 0.332 e. The molecule has 2 heterocycles. The van der Waals surface area contributed by atoms with Gasteiger partial charge in [-0.05, 0) is 43.9 Å². The van der Waals surface area contributed by atoms with Gasteiger partial charge in [0.25, 0.3) is 0 Å². The lowest BCUT2D eigenvalue weighted by Gasteiger charge is -2.22. The number of H-pyrrole nitrogens is 1. The second kappa shape index (κ2) is 5.35. The van der Waals surface area contributed by atoms with E-state index < -0.39 is 0 Å². The Kier molecular flexibility index (Phi) is 3.53. The lowest BCUT2D eigenvalue weighted by molar-refractivity contribution is -0.133. The zero-order valence-corrected chi connectivity index (χ0v) is 12.8. The summed E-state index contributed by atoms with van der Waals surface area (Å²) >= 11 is 0. The number of hydrogen-bond donors (Lipinski definition) is 1. The molecule has 4 nitrogen and oxygen atoms in total. The number of nitrogens with one attached hydrogen (secondary N) is 1. The van der Waals surface area contributed by atoms with E-state index in [4.69, 9.17) is 0 Å². The minimum Gasteiger partial charge on any atom is -0.332 e. The number of benzene rings is 1. The van der Waals surface area contributed by atoms with Crippen molar-refractivity contribution in [1.29, 1.82) is 0 Å². The van der Waals surface area contributed by atoms with Crippen LogP contribution in [0.2, 0.25) is 0 Å². The average molecular weight is 283 g/mol. The second-order valence-corrected chi connectivity index (χ2v) is 5.81. The molecule has 0 saturated carbocycles. The molecule has 0 saturated heterocycles. The number of carbonyl (C=O) groups is 1. The molecule has 1 atom stereocenters. The summed E-state index contributed by atoms with van der Waals surface area (Å²) in [7, 11) is 0. The van der Waals surface area contributed by atoms with Crippen molar-refractivity contribution in [3.63, 3.8) is 0 Å². The van der Waals surface area contributed by atoms with Crippen LogP contribution in [0.1, 0.15) is 47.5 Å². The van der Waals surface area contributed by atoms with Crippen molar-refractivity contribution in [2.24, 2.45) is 0 Å². The van der Waals surface area contributed by atoms with E-state index in [1.807, 2.05) is 30.9 Å². The number of carbonyl (C=O) groups excluding carboxylic acids is 1. The van der Waals surface area contributed by atoms with Gasteiger partial charge in [0.2, 0.25) is 5.91 Å². The summed E-state index contributed by atoms with van der Waals surface area (Å²) in [4.78, 5) is 14.5. The van der Waals surface area contributed by atoms with Gasteiger partial charge in [-0.15, -0.1) is 0 Å². The monoisotopic (exact) mass is 283 g/mol. The maximum atomic E-state index is 12.5. The fourth-order valence-corrected chi connectivity index (χ4v) is 3.20. The molecule has 1 amide bonds. The third kappa shape index (κ3) is 2.46. The maximum absolute atomic E-state index is 12.5. The normalized spacial score (nSPS) is 17.1. The first-order chi connectivity index (χ1) is 10.1. The highest BCUT2D eigenvalue weighted by molar-refractivity contribution is 5.78. The number of rotatable bonds is 3. The summed E-state index contributed by atoms with van der Waals surface area (Å²) in [5.74, 6) is 0.221. The van der Waals surface area contributed by atoms with Gasteiger partial charge >= 0.3 is 0 Å². The third-order valence-electron chi connectivity index (χ3n) is 4.50. The van der Waals surface area contributed by atoms with E-state index >= 15 is 0 Å². The van der Waals surface area contributed by atoms with E-state index in [0.717, 1.165) is 24.4 Å². The van der Waals surface area contributed by atoms with Crippen LogP contribution in [0.4, 0.5) is 0 Å². The summed E-state index contributed by atoms with van der Waals surface area (Å²) in [6, 6.07) is 8.50. The molecule has 1 aromatic heterocycles. The van der Waals surface area contributed by atoms with Crippen LogP contribution in [-0.2, 0) is 17.8 Å². The van der Waals surface area contributed by atoms with Gasteiger partial charge in [-0.2, -0.15) is 5.10 Å². The van der Waals surface area contributed by atoms with Crippen molar-refractivity contribution in [3.05, 3.63) is 52.3 Å². The molecule has 0 radical (unpaired) electrons. The maximum Gasteiger partial charge on any atom is 0.223 e. The molecule has 21 heavy (non-hydrogen) atoms. The Hall–Kier alpha value is -2.10. The minimum absolute atomic E-state index is 0.181. The van der Waals surface area contributed by atoms with Crippen LogP contribution in [0.5, 0.6) is 0 Å². The fraction of sp³-hybridized carbons (Fsp3) is 0.412. The molecule has 0 fully saturated rings. The van der Waals surface area contributed by atoms with Crippen LogP contribution in [0.3, 0.4) is 0 Å². The van der Waals surface area contributed by atoms with E-state index in [9.17, 15) is 4.79 Å². The zero-order valence-electron chi connectivity index (χ0n) is 12.8. The van der Waals surface area contributed by atoms with Gasteiger partial charge in [-0.25, -0.2) is 0 Å². The second-order valence-electron chi connectivity index (χ2n) is 5.81. The molecule has 1 aliphatic heterocycles. The molecule has 0 bridgehead atoms. The van der Waals surface area contributed by atoms with Gasteiger partial charge in [0.1, 0.15) is 0 Å². The quantitative estimate of drug-likeness (QED) is 0.941. The predicted molar refractivity (Wildman–Crippen MR) is 81.8 cm³/mol. The molecule has 2 aromatic rings. The van der Waals surface area contributed by atoms with Crippen molar-refractivity contribution in [3.8, 4) is 0 Å². The number of aromatic amines is 1. The third-order valence-corrected chi connectivity index (χ3v) is 4.50. The van der Waals surface area contributed by atoms with Gasteiger partial charge in [0.15, 0.2) is 0 Å². The van der Waals surface area contributed by atoms with Crippen LogP contribution in [0.15, 0.2) is 24.3 Å². The Morgan fingerprint density at radius 3 is 2.81 bits per heavy atom. The fourth-order valence-electron chi connectivity index (χ4n) is 3.20. The van der Waals surface area contributed by atoms with Crippen LogP contribution < -0.4 is 0 Å². The summed E-state index contributed by atoms with van der Waals surface area (Å²) in [5, 5.41) is 7.17. The first-order valence-electron chi connectivity index (χ1n) is 7.45. The molecular weight excluding hydrogens is 262 g/mol. The lowest BCUT2D eigenvalue weighted by Crippen LogP contribution is -2.28. The first-order valence-corrected chi connectivity index (χ1v) is 7.45. The van der Waals surface area contributed by atoms with Gasteiger partial charge in [-0.3, -0.25) is 9.89 Å². The molecule has 3 rings (SSSR count). The van der Waals surface area contributed by atoms with Gasteiger partial charge in [0.05, 0.1) is 11.7 Å². The van der Waals surface area contributed by atoms with Gasteiger partial charge < -0.3 is 4.90 Å². The zero-order chi connectivity index (χ0) is 15.0. The van der Waals surface area contributed by atoms with Crippen molar-refractivity contribution in [2.45, 2.75) is 46.2 Å². The van der Waals surface area contributed by atoms with Crippen molar-refractivity contribution in [2.75, 3.05) is 0 Å². The molecule has 1 unspecified atom stereocenters. The topological polar surface area (TPSA) is 49.0 Å². The molecule has 1 aromatic carbocycles. The van der Waals surface area contributed by atoms with Gasteiger partial charge in [0, 0.05) is 18.7 Å².